The highest BCUT2D eigenvalue weighted by Gasteiger charge is 2.23. The van der Waals surface area contributed by atoms with Gasteiger partial charge in [0, 0.05) is 38.2 Å². The lowest BCUT2D eigenvalue weighted by atomic mass is 9.79. The van der Waals surface area contributed by atoms with Crippen molar-refractivity contribution in [2.45, 2.75) is 51.8 Å². The van der Waals surface area contributed by atoms with Crippen molar-refractivity contribution in [3.8, 4) is 50.9 Å². The molecule has 5 nitrogen and oxygen atoms in total. The number of fused-ring (bicyclic) bond motifs is 3. The number of hydrogen-bond donors (Lipinski definition) is 0. The standard InChI is InChI=1S/C58H50N4O/c1-57(2,3)45-27-30-53-52(36-45)51-29-28-48(38-54(51)62(53)55-35-41(31-32-59-55)39-58(4,5)44-21-13-8-14-22-44)63-47-24-15-23-46(37-47)60-33-34-61(40-60)56-49(42-17-9-6-10-18-42)25-16-26-50(56)43-19-11-7-12-20-43/h6-38H,39H2,1-5H3/i6D,7D,9D,10D,11D,12D,17D,18D,19D,20D,39D2. The Hall–Kier alpha value is -7.50. The quantitative estimate of drug-likeness (QED) is 0.102. The Morgan fingerprint density at radius 1 is 0.651 bits per heavy atom. The fourth-order valence-corrected chi connectivity index (χ4v) is 8.08. The summed E-state index contributed by atoms with van der Waals surface area (Å²) in [7, 11) is 0. The number of benzene rings is 7. The molecule has 0 amide bonds. The summed E-state index contributed by atoms with van der Waals surface area (Å²) in [5, 5.41) is 1.96. The average molecular weight is 831 g/mol. The van der Waals surface area contributed by atoms with Gasteiger partial charge in [0.15, 0.2) is 0 Å². The highest BCUT2D eigenvalue weighted by molar-refractivity contribution is 6.09. The van der Waals surface area contributed by atoms with Gasteiger partial charge < -0.3 is 4.74 Å². The molecule has 0 radical (unpaired) electrons. The molecule has 10 aromatic rings. The van der Waals surface area contributed by atoms with E-state index in [9.17, 15) is 2.74 Å². The van der Waals surface area contributed by atoms with Crippen LogP contribution in [0.15, 0.2) is 200 Å². The van der Waals surface area contributed by atoms with E-state index in [1.807, 2.05) is 91.2 Å². The average Bonchev–Trinajstić information content (AvgIpc) is 4.02. The van der Waals surface area contributed by atoms with E-state index in [0.29, 0.717) is 28.6 Å². The van der Waals surface area contributed by atoms with Crippen LogP contribution in [0.25, 0.3) is 61.3 Å². The van der Waals surface area contributed by atoms with Crippen molar-refractivity contribution in [3.05, 3.63) is 223 Å². The van der Waals surface area contributed by atoms with Gasteiger partial charge in [0.2, 0.25) is 0 Å². The zero-order chi connectivity index (χ0) is 53.6. The summed E-state index contributed by atoms with van der Waals surface area (Å²) in [5.74, 6) is 1.52. The van der Waals surface area contributed by atoms with E-state index in [0.717, 1.165) is 32.9 Å². The van der Waals surface area contributed by atoms with Crippen molar-refractivity contribution in [2.24, 2.45) is 0 Å². The van der Waals surface area contributed by atoms with Gasteiger partial charge in [-0.05, 0) is 111 Å². The van der Waals surface area contributed by atoms with Gasteiger partial charge in [-0.25, -0.2) is 4.98 Å². The molecule has 10 rings (SSSR count). The van der Waals surface area contributed by atoms with Gasteiger partial charge in [0.25, 0.3) is 6.33 Å². The molecule has 0 bridgehead atoms. The van der Waals surface area contributed by atoms with E-state index in [-0.39, 0.29) is 33.4 Å². The van der Waals surface area contributed by atoms with E-state index in [2.05, 4.69) is 45.3 Å². The van der Waals surface area contributed by atoms with Crippen LogP contribution in [-0.2, 0) is 17.2 Å². The summed E-state index contributed by atoms with van der Waals surface area (Å²) < 4.78 is 117. The Kier molecular flexibility index (Phi) is 7.19. The van der Waals surface area contributed by atoms with Gasteiger partial charge in [0.1, 0.15) is 17.3 Å². The molecule has 0 aliphatic carbocycles. The third-order valence-electron chi connectivity index (χ3n) is 11.3. The fourth-order valence-electron chi connectivity index (χ4n) is 8.08. The number of ether oxygens (including phenoxy) is 1. The second-order valence-electron chi connectivity index (χ2n) is 17.0. The molecular weight excluding hydrogens is 769 g/mol. The zero-order valence-corrected chi connectivity index (χ0v) is 35.5. The lowest BCUT2D eigenvalue weighted by Gasteiger charge is -2.25. The normalized spacial score (nSPS) is 14.9. The molecule has 0 atom stereocenters. The lowest BCUT2D eigenvalue weighted by molar-refractivity contribution is -0.598. The van der Waals surface area contributed by atoms with E-state index < -0.39 is 72.2 Å². The number of nitrogens with zero attached hydrogens (tertiary/aromatic N) is 4. The van der Waals surface area contributed by atoms with E-state index in [4.69, 9.17) is 23.4 Å². The largest absolute Gasteiger partial charge is 0.458 e. The molecule has 308 valence electrons. The number of pyridine rings is 1. The van der Waals surface area contributed by atoms with E-state index >= 15 is 0 Å². The summed E-state index contributed by atoms with van der Waals surface area (Å²) in [4.78, 5) is 4.85. The highest BCUT2D eigenvalue weighted by atomic mass is 16.5. The molecule has 7 aromatic carbocycles. The molecule has 0 N–H and O–H groups in total. The minimum atomic E-state index is -1.79. The van der Waals surface area contributed by atoms with Crippen LogP contribution in [0.2, 0.25) is 0 Å². The molecule has 0 unspecified atom stereocenters. The maximum absolute atomic E-state index is 9.54. The summed E-state index contributed by atoms with van der Waals surface area (Å²) >= 11 is 0. The first kappa shape index (κ1) is 28.2. The van der Waals surface area contributed by atoms with Crippen LogP contribution in [0.4, 0.5) is 0 Å². The van der Waals surface area contributed by atoms with Crippen LogP contribution < -0.4 is 9.30 Å². The Morgan fingerprint density at radius 3 is 2.06 bits per heavy atom. The monoisotopic (exact) mass is 830 g/mol. The fraction of sp³-hybridized carbons (Fsp3) is 0.138. The first-order valence-electron chi connectivity index (χ1n) is 26.7. The van der Waals surface area contributed by atoms with Crippen molar-refractivity contribution in [1.29, 1.82) is 0 Å². The second-order valence-corrected chi connectivity index (χ2v) is 17.0. The number of imidazole rings is 1. The van der Waals surface area contributed by atoms with Gasteiger partial charge in [0.05, 0.1) is 36.1 Å². The molecule has 0 spiro atoms. The van der Waals surface area contributed by atoms with Crippen LogP contribution in [0.1, 0.15) is 67.8 Å². The van der Waals surface area contributed by atoms with Crippen LogP contribution >= 0.6 is 0 Å². The van der Waals surface area contributed by atoms with Crippen molar-refractivity contribution in [1.82, 2.24) is 14.1 Å². The van der Waals surface area contributed by atoms with Gasteiger partial charge in [-0.3, -0.25) is 13.7 Å². The van der Waals surface area contributed by atoms with Gasteiger partial charge >= 0.3 is 0 Å². The number of rotatable bonds is 10. The minimum Gasteiger partial charge on any atom is -0.458 e. The lowest BCUT2D eigenvalue weighted by Crippen LogP contribution is -2.30. The first-order chi connectivity index (χ1) is 35.5. The van der Waals surface area contributed by atoms with Gasteiger partial charge in [-0.1, -0.05) is 156 Å². The number of aromatic nitrogens is 4. The Labute approximate surface area is 387 Å². The van der Waals surface area contributed by atoms with E-state index in [1.54, 1.807) is 53.5 Å². The second kappa shape index (κ2) is 16.1. The van der Waals surface area contributed by atoms with Crippen molar-refractivity contribution < 1.29 is 25.8 Å². The summed E-state index contributed by atoms with van der Waals surface area (Å²) in [6, 6.07) is 32.1. The maximum atomic E-state index is 9.54. The summed E-state index contributed by atoms with van der Waals surface area (Å²) in [5.41, 5.74) is 3.93. The Morgan fingerprint density at radius 2 is 1.35 bits per heavy atom. The van der Waals surface area contributed by atoms with E-state index in [1.165, 1.54) is 4.57 Å². The summed E-state index contributed by atoms with van der Waals surface area (Å²) in [6.07, 6.45) is 6.43. The van der Waals surface area contributed by atoms with Crippen LogP contribution in [0.3, 0.4) is 0 Å². The molecule has 0 fully saturated rings. The molecule has 3 heterocycles. The number of hydrogen-bond acceptors (Lipinski definition) is 2. The SMILES string of the molecule is [2H]c1c([2H])c([2H])c(-c2cccc(-c3c([2H])c([2H])c([2H])c([2H])c3[2H])c2-[n+]2[c-]n(-c3cccc(Oc4ccc5c6cc(C(C)(C)C)ccc6n(-c6cc(C([2H])([2H])C(C)(C)c7ccccc7)ccn6)c5c4)c3)cc2)c([2H])c1[2H]. The molecule has 0 saturated carbocycles. The van der Waals surface area contributed by atoms with Crippen LogP contribution in [0.5, 0.6) is 11.5 Å². The smallest absolute Gasteiger partial charge is 0.268 e. The predicted molar refractivity (Wildman–Crippen MR) is 258 cm³/mol. The third-order valence-corrected chi connectivity index (χ3v) is 11.3. The predicted octanol–water partition coefficient (Wildman–Crippen LogP) is 14.0. The molecular formula is C58H50N4O. The van der Waals surface area contributed by atoms with Crippen LogP contribution in [0, 0.1) is 6.33 Å². The van der Waals surface area contributed by atoms with Crippen molar-refractivity contribution in [2.75, 3.05) is 0 Å². The third kappa shape index (κ3) is 7.83. The highest BCUT2D eigenvalue weighted by Crippen LogP contribution is 2.39. The Bertz CT molecular complexity index is 3790. The molecule has 3 aromatic heterocycles. The zero-order valence-electron chi connectivity index (χ0n) is 47.5. The molecule has 63 heavy (non-hydrogen) atoms. The first-order valence-corrected chi connectivity index (χ1v) is 20.7. The molecule has 0 aliphatic heterocycles. The Balaban J connectivity index is 1.07. The van der Waals surface area contributed by atoms with Gasteiger partial charge in [-0.15, -0.1) is 0 Å². The number of para-hydroxylation sites is 1. The van der Waals surface area contributed by atoms with Crippen LogP contribution in [-0.4, -0.2) is 14.1 Å². The maximum Gasteiger partial charge on any atom is 0.268 e. The summed E-state index contributed by atoms with van der Waals surface area (Å²) in [6.45, 7) is 10.3. The molecule has 0 saturated heterocycles. The molecule has 0 aliphatic rings. The topological polar surface area (TPSA) is 35.9 Å². The van der Waals surface area contributed by atoms with Gasteiger partial charge in [-0.2, -0.15) is 0 Å². The molecule has 5 heteroatoms. The van der Waals surface area contributed by atoms with Crippen molar-refractivity contribution >= 4 is 21.8 Å². The van der Waals surface area contributed by atoms with Crippen molar-refractivity contribution in [3.63, 3.8) is 0 Å². The minimum absolute atomic E-state index is 0.134.